The predicted octanol–water partition coefficient (Wildman–Crippen LogP) is 3.97. The SMILES string of the molecule is O=c1cc(C(F)(F)F)c2cc(Cc3ccc(S(=O)(=O)NCCCn4ccnc4)cc3)ccc2o1. The molecule has 0 atom stereocenters. The molecule has 2 aromatic heterocycles. The minimum absolute atomic E-state index is 0.0959. The van der Waals surface area contributed by atoms with E-state index in [4.69, 9.17) is 4.42 Å². The summed E-state index contributed by atoms with van der Waals surface area (Å²) in [5.74, 6) is 0. The van der Waals surface area contributed by atoms with Crippen LogP contribution in [-0.2, 0) is 29.2 Å². The molecule has 178 valence electrons. The van der Waals surface area contributed by atoms with E-state index in [1.807, 2.05) is 4.57 Å². The molecule has 0 amide bonds. The van der Waals surface area contributed by atoms with Gasteiger partial charge in [0.2, 0.25) is 10.0 Å². The average molecular weight is 491 g/mol. The number of hydrogen-bond donors (Lipinski definition) is 1. The highest BCUT2D eigenvalue weighted by atomic mass is 32.2. The molecule has 0 fully saturated rings. The van der Waals surface area contributed by atoms with Crippen LogP contribution in [0.15, 0.2) is 81.4 Å². The summed E-state index contributed by atoms with van der Waals surface area (Å²) in [6.07, 6.45) is 1.26. The maximum Gasteiger partial charge on any atom is 0.417 e. The number of halogens is 3. The monoisotopic (exact) mass is 491 g/mol. The number of aromatic nitrogens is 2. The Hall–Kier alpha value is -3.44. The summed E-state index contributed by atoms with van der Waals surface area (Å²) >= 11 is 0. The first-order valence-corrected chi connectivity index (χ1v) is 11.8. The van der Waals surface area contributed by atoms with Crippen LogP contribution in [-0.4, -0.2) is 24.5 Å². The van der Waals surface area contributed by atoms with Crippen LogP contribution >= 0.6 is 0 Å². The Morgan fingerprint density at radius 3 is 2.44 bits per heavy atom. The van der Waals surface area contributed by atoms with Gasteiger partial charge in [0, 0.05) is 36.9 Å². The van der Waals surface area contributed by atoms with Crippen LogP contribution in [0.4, 0.5) is 13.2 Å². The number of rotatable bonds is 8. The number of nitrogens with zero attached hydrogens (tertiary/aromatic N) is 2. The topological polar surface area (TPSA) is 94.2 Å². The van der Waals surface area contributed by atoms with Crippen molar-refractivity contribution in [1.29, 1.82) is 0 Å². The van der Waals surface area contributed by atoms with Crippen molar-refractivity contribution in [3.63, 3.8) is 0 Å². The Balaban J connectivity index is 1.45. The quantitative estimate of drug-likeness (QED) is 0.297. The highest BCUT2D eigenvalue weighted by Crippen LogP contribution is 2.34. The molecule has 2 heterocycles. The highest BCUT2D eigenvalue weighted by Gasteiger charge is 2.33. The summed E-state index contributed by atoms with van der Waals surface area (Å²) in [7, 11) is -3.69. The van der Waals surface area contributed by atoms with Gasteiger partial charge in [0.15, 0.2) is 0 Å². The lowest BCUT2D eigenvalue weighted by molar-refractivity contribution is -0.136. The number of alkyl halides is 3. The molecule has 11 heteroatoms. The fourth-order valence-electron chi connectivity index (χ4n) is 3.55. The molecule has 0 spiro atoms. The summed E-state index contributed by atoms with van der Waals surface area (Å²) in [5.41, 5.74) is -1.01. The van der Waals surface area contributed by atoms with Crippen molar-refractivity contribution in [2.45, 2.75) is 30.5 Å². The van der Waals surface area contributed by atoms with Gasteiger partial charge in [0.05, 0.1) is 16.8 Å². The second-order valence-corrected chi connectivity index (χ2v) is 9.45. The molecule has 4 rings (SSSR count). The highest BCUT2D eigenvalue weighted by molar-refractivity contribution is 7.89. The molecular formula is C23H20F3N3O4S. The maximum absolute atomic E-state index is 13.3. The first-order chi connectivity index (χ1) is 16.1. The van der Waals surface area contributed by atoms with Crippen molar-refractivity contribution in [2.24, 2.45) is 0 Å². The van der Waals surface area contributed by atoms with Gasteiger partial charge in [-0.3, -0.25) is 0 Å². The van der Waals surface area contributed by atoms with Gasteiger partial charge in [-0.25, -0.2) is 22.9 Å². The van der Waals surface area contributed by atoms with E-state index in [2.05, 4.69) is 9.71 Å². The Labute approximate surface area is 192 Å². The lowest BCUT2D eigenvalue weighted by atomic mass is 10.0. The van der Waals surface area contributed by atoms with E-state index in [1.165, 1.54) is 24.3 Å². The van der Waals surface area contributed by atoms with E-state index >= 15 is 0 Å². The molecule has 0 saturated heterocycles. The summed E-state index contributed by atoms with van der Waals surface area (Å²) < 4.78 is 74.3. The fourth-order valence-corrected chi connectivity index (χ4v) is 4.62. The molecule has 0 saturated carbocycles. The molecule has 7 nitrogen and oxygen atoms in total. The third-order valence-electron chi connectivity index (χ3n) is 5.20. The number of benzene rings is 2. The van der Waals surface area contributed by atoms with Gasteiger partial charge < -0.3 is 8.98 Å². The smallest absolute Gasteiger partial charge is 0.417 e. The molecule has 0 aliphatic carbocycles. The van der Waals surface area contributed by atoms with Gasteiger partial charge >= 0.3 is 11.8 Å². The van der Waals surface area contributed by atoms with E-state index in [0.29, 0.717) is 30.2 Å². The van der Waals surface area contributed by atoms with Crippen molar-refractivity contribution < 1.29 is 26.0 Å². The van der Waals surface area contributed by atoms with Crippen LogP contribution in [0.25, 0.3) is 11.0 Å². The van der Waals surface area contributed by atoms with Crippen molar-refractivity contribution in [1.82, 2.24) is 14.3 Å². The van der Waals surface area contributed by atoms with E-state index in [9.17, 15) is 26.4 Å². The Morgan fingerprint density at radius 2 is 1.76 bits per heavy atom. The third kappa shape index (κ3) is 5.54. The summed E-state index contributed by atoms with van der Waals surface area (Å²) in [4.78, 5) is 15.5. The number of aryl methyl sites for hydroxylation is 1. The molecule has 0 bridgehead atoms. The van der Waals surface area contributed by atoms with E-state index < -0.39 is 27.4 Å². The van der Waals surface area contributed by atoms with Gasteiger partial charge in [-0.15, -0.1) is 0 Å². The number of fused-ring (bicyclic) bond motifs is 1. The van der Waals surface area contributed by atoms with Crippen LogP contribution in [0.5, 0.6) is 0 Å². The van der Waals surface area contributed by atoms with Gasteiger partial charge in [0.1, 0.15) is 5.58 Å². The minimum atomic E-state index is -4.70. The molecule has 1 N–H and O–H groups in total. The third-order valence-corrected chi connectivity index (χ3v) is 6.68. The number of sulfonamides is 1. The molecule has 0 aliphatic rings. The van der Waals surface area contributed by atoms with Crippen LogP contribution in [0.2, 0.25) is 0 Å². The predicted molar refractivity (Wildman–Crippen MR) is 119 cm³/mol. The molecule has 0 unspecified atom stereocenters. The molecule has 34 heavy (non-hydrogen) atoms. The zero-order chi connectivity index (χ0) is 24.3. The van der Waals surface area contributed by atoms with Crippen molar-refractivity contribution >= 4 is 21.0 Å². The fraction of sp³-hybridized carbons (Fsp3) is 0.217. The average Bonchev–Trinajstić information content (AvgIpc) is 3.30. The normalized spacial score (nSPS) is 12.3. The standard InChI is InChI=1S/C23H20F3N3O4S/c24-23(25,26)20-14-22(30)33-21-7-4-17(13-19(20)21)12-16-2-5-18(6-3-16)34(31,32)28-8-1-10-29-11-9-27-15-29/h2-7,9,11,13-15,28H,1,8,10,12H2. The zero-order valence-electron chi connectivity index (χ0n) is 17.7. The Kier molecular flexibility index (Phi) is 6.58. The molecule has 4 aromatic rings. The van der Waals surface area contributed by atoms with Crippen LogP contribution in [0, 0.1) is 0 Å². The summed E-state index contributed by atoms with van der Waals surface area (Å²) in [5, 5.41) is -0.205. The number of imidazole rings is 1. The van der Waals surface area contributed by atoms with Crippen LogP contribution < -0.4 is 10.3 Å². The van der Waals surface area contributed by atoms with Gasteiger partial charge in [-0.05, 0) is 48.2 Å². The van der Waals surface area contributed by atoms with Crippen molar-refractivity contribution in [3.05, 3.63) is 94.4 Å². The van der Waals surface area contributed by atoms with Crippen molar-refractivity contribution in [2.75, 3.05) is 6.54 Å². The Morgan fingerprint density at radius 1 is 1.03 bits per heavy atom. The van der Waals surface area contributed by atoms with Gasteiger partial charge in [-0.1, -0.05) is 18.2 Å². The molecule has 0 radical (unpaired) electrons. The van der Waals surface area contributed by atoms with Crippen LogP contribution in [0.3, 0.4) is 0 Å². The lowest BCUT2D eigenvalue weighted by Crippen LogP contribution is -2.25. The van der Waals surface area contributed by atoms with Crippen molar-refractivity contribution in [3.8, 4) is 0 Å². The van der Waals surface area contributed by atoms with E-state index in [1.54, 1.807) is 36.9 Å². The van der Waals surface area contributed by atoms with E-state index in [0.717, 1.165) is 0 Å². The molecule has 0 aliphatic heterocycles. The largest absolute Gasteiger partial charge is 0.423 e. The Bertz CT molecular complexity index is 1450. The second kappa shape index (κ2) is 9.43. The second-order valence-electron chi connectivity index (χ2n) is 7.68. The van der Waals surface area contributed by atoms with Gasteiger partial charge in [-0.2, -0.15) is 13.2 Å². The van der Waals surface area contributed by atoms with Crippen LogP contribution in [0.1, 0.15) is 23.1 Å². The first kappa shape index (κ1) is 23.7. The first-order valence-electron chi connectivity index (χ1n) is 10.3. The minimum Gasteiger partial charge on any atom is -0.423 e. The zero-order valence-corrected chi connectivity index (χ0v) is 18.6. The maximum atomic E-state index is 13.3. The number of nitrogens with one attached hydrogen (secondary N) is 1. The van der Waals surface area contributed by atoms with E-state index in [-0.39, 0.29) is 28.8 Å². The summed E-state index contributed by atoms with van der Waals surface area (Å²) in [6.45, 7) is 0.893. The van der Waals surface area contributed by atoms with Gasteiger partial charge in [0.25, 0.3) is 0 Å². The lowest BCUT2D eigenvalue weighted by Gasteiger charge is -2.11. The number of hydrogen-bond acceptors (Lipinski definition) is 5. The molecular weight excluding hydrogens is 471 g/mol. The molecule has 2 aromatic carbocycles. The summed E-state index contributed by atoms with van der Waals surface area (Å²) in [6, 6.07) is 10.8.